The number of rotatable bonds is 7. The van der Waals surface area contributed by atoms with Crippen LogP contribution in [-0.2, 0) is 20.9 Å². The van der Waals surface area contributed by atoms with Crippen LogP contribution in [0.2, 0.25) is 0 Å². The lowest BCUT2D eigenvalue weighted by molar-refractivity contribution is -0.149. The van der Waals surface area contributed by atoms with Crippen molar-refractivity contribution in [1.29, 1.82) is 0 Å². The van der Waals surface area contributed by atoms with Gasteiger partial charge < -0.3 is 19.2 Å². The summed E-state index contributed by atoms with van der Waals surface area (Å²) in [5, 5.41) is 2.72. The number of nitrogens with one attached hydrogen (secondary N) is 1. The molecule has 0 radical (unpaired) electrons. The summed E-state index contributed by atoms with van der Waals surface area (Å²) in [6, 6.07) is 7.89. The molecule has 0 saturated heterocycles. The first-order valence-electron chi connectivity index (χ1n) is 8.94. The van der Waals surface area contributed by atoms with Gasteiger partial charge in [-0.1, -0.05) is 31.5 Å². The van der Waals surface area contributed by atoms with E-state index in [1.54, 1.807) is 31.2 Å². The Morgan fingerprint density at radius 2 is 1.86 bits per heavy atom. The molecule has 1 heterocycles. The van der Waals surface area contributed by atoms with Crippen LogP contribution in [0.15, 0.2) is 34.7 Å². The fourth-order valence-corrected chi connectivity index (χ4v) is 2.66. The molecule has 1 atom stereocenters. The minimum atomic E-state index is -0.816. The molecule has 0 spiro atoms. The summed E-state index contributed by atoms with van der Waals surface area (Å²) >= 11 is 0. The van der Waals surface area contributed by atoms with Gasteiger partial charge in [-0.25, -0.2) is 9.59 Å². The molecule has 150 valence electrons. The summed E-state index contributed by atoms with van der Waals surface area (Å²) in [6.07, 6.45) is 0. The Balaban J connectivity index is 2.03. The first-order valence-corrected chi connectivity index (χ1v) is 8.94. The van der Waals surface area contributed by atoms with Crippen molar-refractivity contribution in [3.05, 3.63) is 58.5 Å². The van der Waals surface area contributed by atoms with Crippen LogP contribution in [0.4, 0.5) is 0 Å². The number of hydrogen-bond acceptors (Lipinski definition) is 6. The quantitative estimate of drug-likeness (QED) is 0.733. The minimum absolute atomic E-state index is 0.0710. The van der Waals surface area contributed by atoms with E-state index in [0.717, 1.165) is 5.56 Å². The number of carbonyl (C=O) groups is 3. The number of esters is 2. The average Bonchev–Trinajstić information content (AvgIpc) is 3.03. The van der Waals surface area contributed by atoms with E-state index in [9.17, 15) is 14.4 Å². The molecule has 0 aliphatic rings. The Morgan fingerprint density at radius 1 is 1.14 bits per heavy atom. The maximum absolute atomic E-state index is 12.5. The summed E-state index contributed by atoms with van der Waals surface area (Å²) in [7, 11) is 1.26. The Labute approximate surface area is 164 Å². The maximum Gasteiger partial charge on any atom is 0.374 e. The van der Waals surface area contributed by atoms with E-state index in [4.69, 9.17) is 9.15 Å². The number of amides is 1. The molecule has 28 heavy (non-hydrogen) atoms. The van der Waals surface area contributed by atoms with Crippen molar-refractivity contribution in [2.45, 2.75) is 40.3 Å². The monoisotopic (exact) mass is 387 g/mol. The zero-order chi connectivity index (χ0) is 20.8. The van der Waals surface area contributed by atoms with Gasteiger partial charge >= 0.3 is 11.9 Å². The van der Waals surface area contributed by atoms with Crippen molar-refractivity contribution < 1.29 is 28.3 Å². The third-order valence-electron chi connectivity index (χ3n) is 4.18. The number of carbonyl (C=O) groups excluding carboxylic acids is 3. The maximum atomic E-state index is 12.5. The van der Waals surface area contributed by atoms with E-state index in [1.807, 2.05) is 26.8 Å². The molecular formula is C21H25NO6. The fraction of sp³-hybridized carbons (Fsp3) is 0.381. The lowest BCUT2D eigenvalue weighted by atomic mass is 10.0. The van der Waals surface area contributed by atoms with Crippen molar-refractivity contribution in [3.63, 3.8) is 0 Å². The van der Waals surface area contributed by atoms with Gasteiger partial charge in [0.2, 0.25) is 5.76 Å². The Hall–Kier alpha value is -3.09. The first-order chi connectivity index (χ1) is 13.2. The summed E-state index contributed by atoms with van der Waals surface area (Å²) in [4.78, 5) is 36.6. The SMILES string of the molecule is COC(=O)c1oc(COC(=O)[C@@H](NC(=O)c2cccc(C)c2)C(C)C)cc1C. The normalized spacial score (nSPS) is 11.8. The Bertz CT molecular complexity index is 868. The van der Waals surface area contributed by atoms with E-state index < -0.39 is 18.0 Å². The highest BCUT2D eigenvalue weighted by Gasteiger charge is 2.27. The number of benzene rings is 1. The number of furan rings is 1. The summed E-state index contributed by atoms with van der Waals surface area (Å²) < 4.78 is 15.3. The van der Waals surface area contributed by atoms with Crippen molar-refractivity contribution in [2.24, 2.45) is 5.92 Å². The van der Waals surface area contributed by atoms with Crippen molar-refractivity contribution in [1.82, 2.24) is 5.32 Å². The van der Waals surface area contributed by atoms with Gasteiger partial charge in [-0.05, 0) is 38.0 Å². The van der Waals surface area contributed by atoms with Gasteiger partial charge in [-0.15, -0.1) is 0 Å². The highest BCUT2D eigenvalue weighted by atomic mass is 16.6. The number of aryl methyl sites for hydroxylation is 2. The standard InChI is InChI=1S/C21H25NO6/c1-12(2)17(22-19(23)15-8-6-7-13(3)9-15)20(24)27-11-16-10-14(4)18(28-16)21(25)26-5/h6-10,12,17H,11H2,1-5H3,(H,22,23)/t17-/m0/s1. The third-order valence-corrected chi connectivity index (χ3v) is 4.18. The molecule has 0 bridgehead atoms. The molecule has 1 aromatic heterocycles. The van der Waals surface area contributed by atoms with Gasteiger partial charge in [0.05, 0.1) is 7.11 Å². The topological polar surface area (TPSA) is 94.8 Å². The second-order valence-electron chi connectivity index (χ2n) is 6.89. The summed E-state index contributed by atoms with van der Waals surface area (Å²) in [5.74, 6) is -1.31. The molecule has 7 heteroatoms. The largest absolute Gasteiger partial charge is 0.463 e. The molecule has 1 aromatic carbocycles. The Morgan fingerprint density at radius 3 is 2.46 bits per heavy atom. The molecule has 2 rings (SSSR count). The molecule has 0 aliphatic heterocycles. The third kappa shape index (κ3) is 5.22. The van der Waals surface area contributed by atoms with Gasteiger partial charge in [-0.3, -0.25) is 4.79 Å². The van der Waals surface area contributed by atoms with Crippen LogP contribution in [0.25, 0.3) is 0 Å². The van der Waals surface area contributed by atoms with Crippen LogP contribution in [0, 0.1) is 19.8 Å². The van der Waals surface area contributed by atoms with Crippen LogP contribution in [-0.4, -0.2) is 31.0 Å². The first kappa shape index (κ1) is 21.2. The van der Waals surface area contributed by atoms with Crippen molar-refractivity contribution >= 4 is 17.8 Å². The molecule has 7 nitrogen and oxygen atoms in total. The van der Waals surface area contributed by atoms with Gasteiger partial charge in [0.15, 0.2) is 0 Å². The average molecular weight is 387 g/mol. The molecule has 0 unspecified atom stereocenters. The number of methoxy groups -OCH3 is 1. The molecule has 0 saturated carbocycles. The van der Waals surface area contributed by atoms with Crippen LogP contribution in [0.1, 0.15) is 51.6 Å². The highest BCUT2D eigenvalue weighted by molar-refractivity contribution is 5.97. The zero-order valence-corrected chi connectivity index (χ0v) is 16.7. The van der Waals surface area contributed by atoms with E-state index in [0.29, 0.717) is 16.9 Å². The zero-order valence-electron chi connectivity index (χ0n) is 16.7. The second kappa shape index (κ2) is 9.21. The fourth-order valence-electron chi connectivity index (χ4n) is 2.66. The van der Waals surface area contributed by atoms with Crippen LogP contribution >= 0.6 is 0 Å². The minimum Gasteiger partial charge on any atom is -0.463 e. The molecule has 0 fully saturated rings. The molecular weight excluding hydrogens is 362 g/mol. The van der Waals surface area contributed by atoms with E-state index in [2.05, 4.69) is 10.1 Å². The summed E-state index contributed by atoms with van der Waals surface area (Å²) in [5.41, 5.74) is 2.01. The second-order valence-corrected chi connectivity index (χ2v) is 6.89. The lowest BCUT2D eigenvalue weighted by Crippen LogP contribution is -2.45. The van der Waals surface area contributed by atoms with Crippen molar-refractivity contribution in [3.8, 4) is 0 Å². The van der Waals surface area contributed by atoms with Crippen LogP contribution in [0.5, 0.6) is 0 Å². The number of hydrogen-bond donors (Lipinski definition) is 1. The predicted molar refractivity (Wildman–Crippen MR) is 102 cm³/mol. The Kier molecular flexibility index (Phi) is 6.98. The number of ether oxygens (including phenoxy) is 2. The molecule has 2 aromatic rings. The lowest BCUT2D eigenvalue weighted by Gasteiger charge is -2.20. The molecule has 0 aliphatic carbocycles. The van der Waals surface area contributed by atoms with Gasteiger partial charge in [-0.2, -0.15) is 0 Å². The van der Waals surface area contributed by atoms with E-state index >= 15 is 0 Å². The molecule has 1 N–H and O–H groups in total. The predicted octanol–water partition coefficient (Wildman–Crippen LogP) is 3.18. The van der Waals surface area contributed by atoms with E-state index in [-0.39, 0.29) is 24.2 Å². The van der Waals surface area contributed by atoms with E-state index in [1.165, 1.54) is 7.11 Å². The summed E-state index contributed by atoms with van der Waals surface area (Å²) in [6.45, 7) is 7.06. The van der Waals surface area contributed by atoms with Gasteiger partial charge in [0.25, 0.3) is 5.91 Å². The van der Waals surface area contributed by atoms with Crippen LogP contribution in [0.3, 0.4) is 0 Å². The van der Waals surface area contributed by atoms with Gasteiger partial charge in [0, 0.05) is 11.1 Å². The highest BCUT2D eigenvalue weighted by Crippen LogP contribution is 2.17. The van der Waals surface area contributed by atoms with Crippen molar-refractivity contribution in [2.75, 3.05) is 7.11 Å². The molecule has 1 amide bonds. The van der Waals surface area contributed by atoms with Gasteiger partial charge in [0.1, 0.15) is 18.4 Å². The van der Waals surface area contributed by atoms with Crippen LogP contribution < -0.4 is 5.32 Å². The smallest absolute Gasteiger partial charge is 0.374 e.